The van der Waals surface area contributed by atoms with E-state index in [1.807, 2.05) is 0 Å². The molecule has 2 aromatic carbocycles. The molecule has 2 amide bonds. The van der Waals surface area contributed by atoms with Crippen LogP contribution in [0, 0.1) is 0 Å². The summed E-state index contributed by atoms with van der Waals surface area (Å²) in [5, 5.41) is 23.0. The van der Waals surface area contributed by atoms with Crippen LogP contribution in [0.4, 0.5) is 16.2 Å². The van der Waals surface area contributed by atoms with E-state index in [0.29, 0.717) is 17.2 Å². The van der Waals surface area contributed by atoms with E-state index in [-0.39, 0.29) is 49.1 Å². The van der Waals surface area contributed by atoms with E-state index in [1.54, 1.807) is 48.5 Å². The van der Waals surface area contributed by atoms with E-state index in [1.165, 1.54) is 21.0 Å². The number of nitrogens with zero attached hydrogens (tertiary/aromatic N) is 2. The van der Waals surface area contributed by atoms with Gasteiger partial charge in [-0.05, 0) is 38.1 Å². The molecule has 38 heavy (non-hydrogen) atoms. The summed E-state index contributed by atoms with van der Waals surface area (Å²) in [7, 11) is 1.47. The maximum atomic E-state index is 12.7. The lowest BCUT2D eigenvalue weighted by Gasteiger charge is -2.11. The Morgan fingerprint density at radius 2 is 1.63 bits per heavy atom. The van der Waals surface area contributed by atoms with Gasteiger partial charge in [-0.2, -0.15) is 0 Å². The Bertz CT molecular complexity index is 1210. The first-order valence-corrected chi connectivity index (χ1v) is 11.4. The number of carbonyl (C=O) groups is 3. The van der Waals surface area contributed by atoms with Crippen LogP contribution in [0.3, 0.4) is 0 Å². The third-order valence-corrected chi connectivity index (χ3v) is 4.56. The molecule has 2 rings (SSSR count). The zero-order chi connectivity index (χ0) is 27.9. The Morgan fingerprint density at radius 3 is 2.32 bits per heavy atom. The van der Waals surface area contributed by atoms with Crippen LogP contribution < -0.4 is 20.1 Å². The lowest BCUT2D eigenvalue weighted by molar-refractivity contribution is -0.138. The number of anilines is 1. The SMILES string of the molecule is C=C(C)C(=O)OCCNC(=O)OCCOc1ccccc1N=NC(C(=O)Nc1ccccc1OC)=C(C)O. The second kappa shape index (κ2) is 15.3. The molecular formula is C26H30N4O8. The van der Waals surface area contributed by atoms with Gasteiger partial charge in [-0.3, -0.25) is 4.79 Å². The number of rotatable bonds is 13. The van der Waals surface area contributed by atoms with Gasteiger partial charge in [-0.25, -0.2) is 9.59 Å². The van der Waals surface area contributed by atoms with Gasteiger partial charge < -0.3 is 34.7 Å². The first-order valence-electron chi connectivity index (χ1n) is 11.4. The van der Waals surface area contributed by atoms with Crippen molar-refractivity contribution >= 4 is 29.3 Å². The molecule has 0 aliphatic rings. The predicted octanol–water partition coefficient (Wildman–Crippen LogP) is 4.43. The molecule has 0 saturated carbocycles. The Kier molecular flexibility index (Phi) is 11.8. The number of carbonyl (C=O) groups excluding carboxylic acids is 3. The summed E-state index contributed by atoms with van der Waals surface area (Å²) >= 11 is 0. The van der Waals surface area contributed by atoms with Crippen molar-refractivity contribution in [3.63, 3.8) is 0 Å². The standard InChI is InChI=1S/C26H30N4O8/c1-17(2)25(33)37-14-13-27-26(34)38-16-15-36-22-12-8-6-10-20(22)29-30-23(18(3)31)24(32)28-19-9-5-7-11-21(19)35-4/h5-12,31H,1,13-16H2,2-4H3,(H,27,34)(H,28,32). The molecule has 2 aromatic rings. The minimum Gasteiger partial charge on any atom is -0.510 e. The number of benzene rings is 2. The van der Waals surface area contributed by atoms with Gasteiger partial charge in [0.1, 0.15) is 42.8 Å². The summed E-state index contributed by atoms with van der Waals surface area (Å²) in [5.41, 5.74) is 0.633. The minimum absolute atomic E-state index is 0.000605. The van der Waals surface area contributed by atoms with Gasteiger partial charge in [0, 0.05) is 5.57 Å². The third kappa shape index (κ3) is 9.64. The van der Waals surface area contributed by atoms with E-state index in [2.05, 4.69) is 27.4 Å². The Morgan fingerprint density at radius 1 is 0.947 bits per heavy atom. The lowest BCUT2D eigenvalue weighted by atomic mass is 10.2. The van der Waals surface area contributed by atoms with Crippen molar-refractivity contribution in [2.45, 2.75) is 13.8 Å². The third-order valence-electron chi connectivity index (χ3n) is 4.56. The van der Waals surface area contributed by atoms with Crippen LogP contribution in [0.5, 0.6) is 11.5 Å². The second-order valence-electron chi connectivity index (χ2n) is 7.58. The summed E-state index contributed by atoms with van der Waals surface area (Å²) in [6.45, 7) is 6.27. The quantitative estimate of drug-likeness (QED) is 0.114. The Hall–Kier alpha value is -4.87. The maximum Gasteiger partial charge on any atom is 0.407 e. The number of aliphatic hydroxyl groups is 1. The molecule has 0 aromatic heterocycles. The molecular weight excluding hydrogens is 496 g/mol. The number of azo groups is 1. The highest BCUT2D eigenvalue weighted by molar-refractivity contribution is 6.04. The topological polar surface area (TPSA) is 157 Å². The van der Waals surface area contributed by atoms with Crippen molar-refractivity contribution in [2.24, 2.45) is 10.2 Å². The van der Waals surface area contributed by atoms with Gasteiger partial charge in [-0.15, -0.1) is 10.2 Å². The zero-order valence-corrected chi connectivity index (χ0v) is 21.4. The van der Waals surface area contributed by atoms with E-state index in [4.69, 9.17) is 18.9 Å². The Labute approximate surface area is 219 Å². The van der Waals surface area contributed by atoms with E-state index in [0.717, 1.165) is 0 Å². The predicted molar refractivity (Wildman–Crippen MR) is 139 cm³/mol. The number of nitrogens with one attached hydrogen (secondary N) is 2. The maximum absolute atomic E-state index is 12.7. The number of esters is 1. The largest absolute Gasteiger partial charge is 0.510 e. The summed E-state index contributed by atoms with van der Waals surface area (Å²) < 4.78 is 20.7. The summed E-state index contributed by atoms with van der Waals surface area (Å²) in [4.78, 5) is 35.7. The van der Waals surface area contributed by atoms with Crippen LogP contribution in [0.25, 0.3) is 0 Å². The summed E-state index contributed by atoms with van der Waals surface area (Å²) in [5.74, 6) is -0.822. The van der Waals surface area contributed by atoms with E-state index < -0.39 is 18.0 Å². The summed E-state index contributed by atoms with van der Waals surface area (Å²) in [6, 6.07) is 13.4. The molecule has 202 valence electrons. The van der Waals surface area contributed by atoms with E-state index >= 15 is 0 Å². The van der Waals surface area contributed by atoms with Crippen molar-refractivity contribution in [3.05, 3.63) is 72.1 Å². The smallest absolute Gasteiger partial charge is 0.407 e. The van der Waals surface area contributed by atoms with Gasteiger partial charge in [0.15, 0.2) is 5.70 Å². The molecule has 0 saturated heterocycles. The molecule has 0 radical (unpaired) electrons. The van der Waals surface area contributed by atoms with Crippen LogP contribution in [-0.2, 0) is 19.1 Å². The highest BCUT2D eigenvalue weighted by Crippen LogP contribution is 2.29. The van der Waals surface area contributed by atoms with Gasteiger partial charge >= 0.3 is 12.1 Å². The van der Waals surface area contributed by atoms with Crippen LogP contribution in [-0.4, -0.2) is 56.6 Å². The van der Waals surface area contributed by atoms with E-state index in [9.17, 15) is 19.5 Å². The second-order valence-corrected chi connectivity index (χ2v) is 7.58. The number of methoxy groups -OCH3 is 1. The van der Waals surface area contributed by atoms with Crippen molar-refractivity contribution in [1.82, 2.24) is 5.32 Å². The Balaban J connectivity index is 1.90. The average Bonchev–Trinajstić information content (AvgIpc) is 2.89. The van der Waals surface area contributed by atoms with Gasteiger partial charge in [0.05, 0.1) is 19.3 Å². The molecule has 0 aliphatic carbocycles. The van der Waals surface area contributed by atoms with Crippen molar-refractivity contribution in [3.8, 4) is 11.5 Å². The van der Waals surface area contributed by atoms with Crippen molar-refractivity contribution in [2.75, 3.05) is 38.8 Å². The first kappa shape index (κ1) is 29.4. The number of allylic oxidation sites excluding steroid dienone is 1. The number of hydrogen-bond donors (Lipinski definition) is 3. The van der Waals surface area contributed by atoms with Crippen molar-refractivity contribution < 1.29 is 38.4 Å². The van der Waals surface area contributed by atoms with Crippen LogP contribution in [0.15, 0.2) is 82.4 Å². The first-order chi connectivity index (χ1) is 18.2. The average molecular weight is 527 g/mol. The highest BCUT2D eigenvalue weighted by atomic mass is 16.6. The fraction of sp³-hybridized carbons (Fsp3) is 0.269. The fourth-order valence-electron chi connectivity index (χ4n) is 2.73. The molecule has 0 unspecified atom stereocenters. The van der Waals surface area contributed by atoms with Crippen LogP contribution >= 0.6 is 0 Å². The molecule has 0 bridgehead atoms. The molecule has 0 aliphatic heterocycles. The fourth-order valence-corrected chi connectivity index (χ4v) is 2.73. The van der Waals surface area contributed by atoms with Crippen LogP contribution in [0.1, 0.15) is 13.8 Å². The normalized spacial score (nSPS) is 11.2. The number of hydrogen-bond acceptors (Lipinski definition) is 10. The minimum atomic E-state index is -0.706. The van der Waals surface area contributed by atoms with Gasteiger partial charge in [0.25, 0.3) is 5.91 Å². The number of alkyl carbamates (subject to hydrolysis) is 1. The molecule has 0 heterocycles. The van der Waals surface area contributed by atoms with Crippen LogP contribution in [0.2, 0.25) is 0 Å². The number of ether oxygens (including phenoxy) is 4. The molecule has 0 atom stereocenters. The molecule has 3 N–H and O–H groups in total. The van der Waals surface area contributed by atoms with Gasteiger partial charge in [0.2, 0.25) is 0 Å². The van der Waals surface area contributed by atoms with Gasteiger partial charge in [-0.1, -0.05) is 30.8 Å². The zero-order valence-electron chi connectivity index (χ0n) is 21.4. The molecule has 12 heteroatoms. The highest BCUT2D eigenvalue weighted by Gasteiger charge is 2.16. The molecule has 12 nitrogen and oxygen atoms in total. The monoisotopic (exact) mass is 526 g/mol. The molecule has 0 spiro atoms. The number of amides is 2. The number of aliphatic hydroxyl groups excluding tert-OH is 1. The van der Waals surface area contributed by atoms with Crippen molar-refractivity contribution in [1.29, 1.82) is 0 Å². The molecule has 0 fully saturated rings. The lowest BCUT2D eigenvalue weighted by Crippen LogP contribution is -2.29. The number of para-hydroxylation sites is 3. The summed E-state index contributed by atoms with van der Waals surface area (Å²) in [6.07, 6.45) is -0.706.